The van der Waals surface area contributed by atoms with E-state index < -0.39 is 6.09 Å². The molecule has 0 fully saturated rings. The fourth-order valence-electron chi connectivity index (χ4n) is 1.46. The first kappa shape index (κ1) is 9.39. The Morgan fingerprint density at radius 2 is 2.27 bits per heavy atom. The average Bonchev–Trinajstić information content (AvgIpc) is 2.55. The minimum absolute atomic E-state index is 0.296. The molecule has 0 spiro atoms. The summed E-state index contributed by atoms with van der Waals surface area (Å²) in [4.78, 5) is 25.7. The predicted octanol–water partition coefficient (Wildman–Crippen LogP) is 1.68. The summed E-state index contributed by atoms with van der Waals surface area (Å²) in [6, 6.07) is 3.43. The van der Waals surface area contributed by atoms with Crippen molar-refractivity contribution >= 4 is 23.4 Å². The molecule has 0 saturated carbocycles. The van der Waals surface area contributed by atoms with Crippen molar-refractivity contribution in [3.63, 3.8) is 0 Å². The normalized spacial score (nSPS) is 10.5. The summed E-state index contributed by atoms with van der Waals surface area (Å²) in [5.74, 6) is 0. The van der Waals surface area contributed by atoms with E-state index in [9.17, 15) is 9.59 Å². The van der Waals surface area contributed by atoms with Gasteiger partial charge >= 0.3 is 6.09 Å². The van der Waals surface area contributed by atoms with Crippen LogP contribution in [0.1, 0.15) is 16.1 Å². The Kier molecular flexibility index (Phi) is 2.00. The number of pyridine rings is 1. The molecule has 2 aromatic rings. The van der Waals surface area contributed by atoms with Crippen LogP contribution >= 0.6 is 0 Å². The van der Waals surface area contributed by atoms with E-state index in [0.29, 0.717) is 28.6 Å². The van der Waals surface area contributed by atoms with Crippen LogP contribution in [0, 0.1) is 6.92 Å². The quantitative estimate of drug-likeness (QED) is 0.717. The van der Waals surface area contributed by atoms with Crippen LogP contribution < -0.4 is 0 Å². The number of aldehydes is 1. The molecular formula is C10H8N2O3. The van der Waals surface area contributed by atoms with Gasteiger partial charge in [0.05, 0.1) is 0 Å². The van der Waals surface area contributed by atoms with E-state index in [1.54, 1.807) is 19.1 Å². The van der Waals surface area contributed by atoms with Gasteiger partial charge in [0.2, 0.25) is 0 Å². The molecular weight excluding hydrogens is 196 g/mol. The number of rotatable bonds is 1. The number of nitrogens with zero attached hydrogens (tertiary/aromatic N) is 2. The summed E-state index contributed by atoms with van der Waals surface area (Å²) in [6.07, 6.45) is 0.747. The van der Waals surface area contributed by atoms with Crippen molar-refractivity contribution in [2.24, 2.45) is 0 Å². The zero-order chi connectivity index (χ0) is 11.0. The van der Waals surface area contributed by atoms with Gasteiger partial charge in [-0.05, 0) is 19.1 Å². The third kappa shape index (κ3) is 1.38. The average molecular weight is 204 g/mol. The summed E-state index contributed by atoms with van der Waals surface area (Å²) in [5.41, 5.74) is 1.34. The minimum atomic E-state index is -1.15. The molecule has 1 N–H and O–H groups in total. The number of carbonyl (C=O) groups excluding carboxylic acids is 1. The van der Waals surface area contributed by atoms with Gasteiger partial charge in [0, 0.05) is 22.8 Å². The van der Waals surface area contributed by atoms with Crippen molar-refractivity contribution in [2.45, 2.75) is 6.92 Å². The van der Waals surface area contributed by atoms with E-state index in [-0.39, 0.29) is 0 Å². The molecule has 5 heteroatoms. The van der Waals surface area contributed by atoms with Crippen molar-refractivity contribution in [1.29, 1.82) is 0 Å². The number of hydrogen-bond donors (Lipinski definition) is 1. The molecule has 5 nitrogen and oxygen atoms in total. The highest BCUT2D eigenvalue weighted by Crippen LogP contribution is 2.18. The molecule has 0 radical (unpaired) electrons. The minimum Gasteiger partial charge on any atom is -0.464 e. The molecule has 15 heavy (non-hydrogen) atoms. The van der Waals surface area contributed by atoms with Crippen LogP contribution in [-0.2, 0) is 0 Å². The first-order chi connectivity index (χ1) is 7.13. The van der Waals surface area contributed by atoms with E-state index in [1.165, 1.54) is 6.20 Å². The number of carbonyl (C=O) groups is 2. The number of carboxylic acid groups (broad SMARTS) is 1. The lowest BCUT2D eigenvalue weighted by Gasteiger charge is -1.97. The summed E-state index contributed by atoms with van der Waals surface area (Å²) in [7, 11) is 0. The Hall–Kier alpha value is -2.17. The fraction of sp³-hybridized carbons (Fsp3) is 0.100. The highest BCUT2D eigenvalue weighted by molar-refractivity contribution is 5.99. The van der Waals surface area contributed by atoms with Crippen molar-refractivity contribution < 1.29 is 14.7 Å². The van der Waals surface area contributed by atoms with Crippen LogP contribution in [0.3, 0.4) is 0 Å². The SMILES string of the molecule is Cc1ccc2c(C=O)cn(C(=O)O)c2n1. The molecule has 0 aliphatic heterocycles. The van der Waals surface area contributed by atoms with Gasteiger partial charge in [0.15, 0.2) is 6.29 Å². The Morgan fingerprint density at radius 3 is 2.87 bits per heavy atom. The third-order valence-electron chi connectivity index (χ3n) is 2.15. The second kappa shape index (κ2) is 3.20. The van der Waals surface area contributed by atoms with Crippen LogP contribution in [0.2, 0.25) is 0 Å². The van der Waals surface area contributed by atoms with Crippen molar-refractivity contribution in [3.8, 4) is 0 Å². The molecule has 0 saturated heterocycles. The van der Waals surface area contributed by atoms with E-state index in [2.05, 4.69) is 4.98 Å². The van der Waals surface area contributed by atoms with Gasteiger partial charge in [-0.15, -0.1) is 0 Å². The summed E-state index contributed by atoms with van der Waals surface area (Å²) < 4.78 is 0.950. The van der Waals surface area contributed by atoms with Gasteiger partial charge in [-0.3, -0.25) is 4.79 Å². The molecule has 0 aliphatic rings. The van der Waals surface area contributed by atoms with Gasteiger partial charge in [-0.25, -0.2) is 14.3 Å². The number of hydrogen-bond acceptors (Lipinski definition) is 3. The number of aryl methyl sites for hydroxylation is 1. The van der Waals surface area contributed by atoms with Gasteiger partial charge in [-0.2, -0.15) is 0 Å². The molecule has 0 amide bonds. The van der Waals surface area contributed by atoms with E-state index >= 15 is 0 Å². The van der Waals surface area contributed by atoms with E-state index in [1.807, 2.05) is 0 Å². The first-order valence-corrected chi connectivity index (χ1v) is 4.30. The Balaban J connectivity index is 2.87. The zero-order valence-corrected chi connectivity index (χ0v) is 7.97. The molecule has 2 aromatic heterocycles. The highest BCUT2D eigenvalue weighted by atomic mass is 16.4. The van der Waals surface area contributed by atoms with Crippen molar-refractivity contribution in [2.75, 3.05) is 0 Å². The number of fused-ring (bicyclic) bond motifs is 1. The molecule has 0 aromatic carbocycles. The summed E-state index contributed by atoms with van der Waals surface area (Å²) in [5, 5.41) is 9.44. The lowest BCUT2D eigenvalue weighted by molar-refractivity contribution is 0.112. The standard InChI is InChI=1S/C10H8N2O3/c1-6-2-3-8-7(5-13)4-12(10(14)15)9(8)11-6/h2-5H,1H3,(H,14,15). The molecule has 0 unspecified atom stereocenters. The lowest BCUT2D eigenvalue weighted by atomic mass is 10.2. The largest absolute Gasteiger partial charge is 0.464 e. The van der Waals surface area contributed by atoms with Crippen LogP contribution in [-0.4, -0.2) is 27.0 Å². The Labute approximate surface area is 85.0 Å². The van der Waals surface area contributed by atoms with Crippen molar-refractivity contribution in [3.05, 3.63) is 29.6 Å². The van der Waals surface area contributed by atoms with Gasteiger partial charge in [-0.1, -0.05) is 0 Å². The van der Waals surface area contributed by atoms with Crippen LogP contribution in [0.4, 0.5) is 4.79 Å². The fourth-order valence-corrected chi connectivity index (χ4v) is 1.46. The van der Waals surface area contributed by atoms with Crippen LogP contribution in [0.25, 0.3) is 11.0 Å². The summed E-state index contributed by atoms with van der Waals surface area (Å²) in [6.45, 7) is 1.76. The molecule has 2 rings (SSSR count). The second-order valence-electron chi connectivity index (χ2n) is 3.18. The zero-order valence-electron chi connectivity index (χ0n) is 7.97. The topological polar surface area (TPSA) is 72.2 Å². The molecule has 0 aliphatic carbocycles. The maximum atomic E-state index is 10.9. The maximum Gasteiger partial charge on any atom is 0.417 e. The van der Waals surface area contributed by atoms with Crippen LogP contribution in [0.5, 0.6) is 0 Å². The maximum absolute atomic E-state index is 10.9. The Bertz CT molecular complexity index is 557. The molecule has 2 heterocycles. The Morgan fingerprint density at radius 1 is 1.53 bits per heavy atom. The number of aromatic nitrogens is 2. The predicted molar refractivity (Wildman–Crippen MR) is 53.3 cm³/mol. The molecule has 0 atom stereocenters. The second-order valence-corrected chi connectivity index (χ2v) is 3.18. The van der Waals surface area contributed by atoms with Gasteiger partial charge in [0.1, 0.15) is 5.65 Å². The van der Waals surface area contributed by atoms with Gasteiger partial charge < -0.3 is 5.11 Å². The summed E-state index contributed by atoms with van der Waals surface area (Å²) >= 11 is 0. The smallest absolute Gasteiger partial charge is 0.417 e. The van der Waals surface area contributed by atoms with E-state index in [4.69, 9.17) is 5.11 Å². The van der Waals surface area contributed by atoms with Gasteiger partial charge in [0.25, 0.3) is 0 Å². The van der Waals surface area contributed by atoms with Crippen molar-refractivity contribution in [1.82, 2.24) is 9.55 Å². The molecule has 0 bridgehead atoms. The lowest BCUT2D eigenvalue weighted by Crippen LogP contribution is -2.06. The third-order valence-corrected chi connectivity index (χ3v) is 2.15. The van der Waals surface area contributed by atoms with E-state index in [0.717, 1.165) is 4.57 Å². The van der Waals surface area contributed by atoms with Crippen LogP contribution in [0.15, 0.2) is 18.3 Å². The first-order valence-electron chi connectivity index (χ1n) is 4.30. The highest BCUT2D eigenvalue weighted by Gasteiger charge is 2.13. The monoisotopic (exact) mass is 204 g/mol. The molecule has 76 valence electrons.